The summed E-state index contributed by atoms with van der Waals surface area (Å²) in [5.74, 6) is 1.27. The molecule has 29 heavy (non-hydrogen) atoms. The molecular formula is C22H22N4O2S. The van der Waals surface area contributed by atoms with E-state index in [1.54, 1.807) is 32.6 Å². The Morgan fingerprint density at radius 3 is 2.17 bits per heavy atom. The zero-order chi connectivity index (χ0) is 20.5. The Hall–Kier alpha value is -3.58. The number of hydrazone groups is 1. The molecule has 0 aliphatic carbocycles. The highest BCUT2D eigenvalue weighted by Gasteiger charge is 2.05. The Morgan fingerprint density at radius 2 is 1.48 bits per heavy atom. The summed E-state index contributed by atoms with van der Waals surface area (Å²) in [6.07, 6.45) is 1.70. The second-order valence-corrected chi connectivity index (χ2v) is 6.42. The van der Waals surface area contributed by atoms with Gasteiger partial charge in [-0.3, -0.25) is 5.43 Å². The monoisotopic (exact) mass is 406 g/mol. The van der Waals surface area contributed by atoms with E-state index >= 15 is 0 Å². The number of methoxy groups -OCH3 is 2. The van der Waals surface area contributed by atoms with Gasteiger partial charge in [0.25, 0.3) is 0 Å². The van der Waals surface area contributed by atoms with E-state index in [1.165, 1.54) is 0 Å². The van der Waals surface area contributed by atoms with Gasteiger partial charge in [-0.1, -0.05) is 30.3 Å². The van der Waals surface area contributed by atoms with Crippen LogP contribution in [0, 0.1) is 0 Å². The van der Waals surface area contributed by atoms with E-state index in [9.17, 15) is 0 Å². The van der Waals surface area contributed by atoms with Crippen molar-refractivity contribution in [1.82, 2.24) is 5.43 Å². The fourth-order valence-electron chi connectivity index (χ4n) is 2.58. The third kappa shape index (κ3) is 5.95. The van der Waals surface area contributed by atoms with Crippen LogP contribution in [0.3, 0.4) is 0 Å². The number of para-hydroxylation sites is 1. The highest BCUT2D eigenvalue weighted by Crippen LogP contribution is 2.29. The van der Waals surface area contributed by atoms with Crippen molar-refractivity contribution in [3.63, 3.8) is 0 Å². The first-order valence-corrected chi connectivity index (χ1v) is 9.33. The van der Waals surface area contributed by atoms with Crippen LogP contribution in [0.15, 0.2) is 77.9 Å². The molecule has 3 N–H and O–H groups in total. The Kier molecular flexibility index (Phi) is 7.02. The average molecular weight is 407 g/mol. The summed E-state index contributed by atoms with van der Waals surface area (Å²) in [6.45, 7) is 0. The summed E-state index contributed by atoms with van der Waals surface area (Å²) >= 11 is 5.27. The lowest BCUT2D eigenvalue weighted by Gasteiger charge is -2.11. The summed E-state index contributed by atoms with van der Waals surface area (Å²) in [5.41, 5.74) is 6.57. The molecule has 0 bridgehead atoms. The lowest BCUT2D eigenvalue weighted by atomic mass is 10.2. The summed E-state index contributed by atoms with van der Waals surface area (Å²) in [4.78, 5) is 0. The average Bonchev–Trinajstić information content (AvgIpc) is 2.75. The molecule has 0 heterocycles. The standard InChI is InChI=1S/C22H22N4O2S/c1-27-20-13-12-19(14-21(20)28-2)25-22(29)26-23-15-16-8-10-18(11-9-16)24-17-6-4-3-5-7-17/h3-15,24H,1-2H3,(H2,25,26,29)/b23-15-. The summed E-state index contributed by atoms with van der Waals surface area (Å²) < 4.78 is 10.5. The van der Waals surface area contributed by atoms with Crippen molar-refractivity contribution >= 4 is 40.6 Å². The Morgan fingerprint density at radius 1 is 0.828 bits per heavy atom. The Bertz CT molecular complexity index is 976. The maximum atomic E-state index is 5.28. The predicted molar refractivity (Wildman–Crippen MR) is 123 cm³/mol. The van der Waals surface area contributed by atoms with Gasteiger partial charge < -0.3 is 20.1 Å². The fraction of sp³-hybridized carbons (Fsp3) is 0.0909. The molecule has 0 atom stereocenters. The van der Waals surface area contributed by atoms with Crippen molar-refractivity contribution < 1.29 is 9.47 Å². The van der Waals surface area contributed by atoms with Gasteiger partial charge in [-0.15, -0.1) is 0 Å². The summed E-state index contributed by atoms with van der Waals surface area (Å²) in [5, 5.41) is 10.9. The van der Waals surface area contributed by atoms with Gasteiger partial charge in [-0.2, -0.15) is 5.10 Å². The van der Waals surface area contributed by atoms with Crippen molar-refractivity contribution in [2.24, 2.45) is 5.10 Å². The smallest absolute Gasteiger partial charge is 0.191 e. The lowest BCUT2D eigenvalue weighted by molar-refractivity contribution is 0.355. The van der Waals surface area contributed by atoms with E-state index in [-0.39, 0.29) is 0 Å². The predicted octanol–water partition coefficient (Wildman–Crippen LogP) is 4.77. The van der Waals surface area contributed by atoms with E-state index in [0.717, 1.165) is 22.6 Å². The van der Waals surface area contributed by atoms with Crippen LogP contribution in [0.4, 0.5) is 17.1 Å². The number of ether oxygens (including phenoxy) is 2. The van der Waals surface area contributed by atoms with E-state index in [4.69, 9.17) is 21.7 Å². The van der Waals surface area contributed by atoms with Gasteiger partial charge in [-0.05, 0) is 54.2 Å². The molecule has 148 valence electrons. The number of anilines is 3. The van der Waals surface area contributed by atoms with Crippen LogP contribution >= 0.6 is 12.2 Å². The van der Waals surface area contributed by atoms with Gasteiger partial charge in [0.15, 0.2) is 16.6 Å². The first-order chi connectivity index (χ1) is 14.2. The minimum Gasteiger partial charge on any atom is -0.493 e. The van der Waals surface area contributed by atoms with Crippen molar-refractivity contribution in [1.29, 1.82) is 0 Å². The number of nitrogens with zero attached hydrogens (tertiary/aromatic N) is 1. The first kappa shape index (κ1) is 20.2. The highest BCUT2D eigenvalue weighted by molar-refractivity contribution is 7.80. The molecule has 0 amide bonds. The molecule has 3 aromatic rings. The Labute approximate surface area is 175 Å². The van der Waals surface area contributed by atoms with Crippen LogP contribution in [-0.4, -0.2) is 25.5 Å². The first-order valence-electron chi connectivity index (χ1n) is 8.92. The molecule has 0 radical (unpaired) electrons. The normalized spacial score (nSPS) is 10.4. The molecule has 0 unspecified atom stereocenters. The number of hydrogen-bond donors (Lipinski definition) is 3. The second-order valence-electron chi connectivity index (χ2n) is 6.01. The van der Waals surface area contributed by atoms with Gasteiger partial charge in [-0.25, -0.2) is 0 Å². The zero-order valence-corrected chi connectivity index (χ0v) is 17.0. The van der Waals surface area contributed by atoms with Crippen LogP contribution in [0.25, 0.3) is 0 Å². The van der Waals surface area contributed by atoms with Crippen molar-refractivity contribution in [3.8, 4) is 11.5 Å². The Balaban J connectivity index is 1.52. The van der Waals surface area contributed by atoms with Crippen molar-refractivity contribution in [2.75, 3.05) is 24.9 Å². The van der Waals surface area contributed by atoms with E-state index in [0.29, 0.717) is 16.6 Å². The maximum absolute atomic E-state index is 5.28. The number of rotatable bonds is 7. The van der Waals surface area contributed by atoms with Gasteiger partial charge in [0.1, 0.15) is 0 Å². The van der Waals surface area contributed by atoms with Gasteiger partial charge in [0.2, 0.25) is 0 Å². The molecule has 3 aromatic carbocycles. The van der Waals surface area contributed by atoms with Crippen LogP contribution in [0.1, 0.15) is 5.56 Å². The molecule has 0 aromatic heterocycles. The molecule has 0 aliphatic heterocycles. The third-order valence-corrected chi connectivity index (χ3v) is 4.19. The van der Waals surface area contributed by atoms with Crippen LogP contribution in [-0.2, 0) is 0 Å². The topological polar surface area (TPSA) is 66.9 Å². The molecule has 7 heteroatoms. The highest BCUT2D eigenvalue weighted by atomic mass is 32.1. The SMILES string of the molecule is COc1ccc(NC(=S)N/N=C\c2ccc(Nc3ccccc3)cc2)cc1OC. The van der Waals surface area contributed by atoms with Crippen molar-refractivity contribution in [2.45, 2.75) is 0 Å². The molecule has 0 spiro atoms. The number of nitrogens with one attached hydrogen (secondary N) is 3. The summed E-state index contributed by atoms with van der Waals surface area (Å²) in [7, 11) is 3.18. The number of benzene rings is 3. The van der Waals surface area contributed by atoms with E-state index in [2.05, 4.69) is 21.2 Å². The summed E-state index contributed by atoms with van der Waals surface area (Å²) in [6, 6.07) is 23.4. The largest absolute Gasteiger partial charge is 0.493 e. The number of hydrogen-bond acceptors (Lipinski definition) is 5. The molecule has 3 rings (SSSR count). The molecule has 0 saturated heterocycles. The number of thiocarbonyl (C=S) groups is 1. The van der Waals surface area contributed by atoms with Gasteiger partial charge >= 0.3 is 0 Å². The molecule has 6 nitrogen and oxygen atoms in total. The van der Waals surface area contributed by atoms with Crippen LogP contribution < -0.4 is 25.5 Å². The van der Waals surface area contributed by atoms with E-state index in [1.807, 2.05) is 60.7 Å². The van der Waals surface area contributed by atoms with Gasteiger partial charge in [0.05, 0.1) is 20.4 Å². The molecular weight excluding hydrogens is 384 g/mol. The van der Waals surface area contributed by atoms with E-state index < -0.39 is 0 Å². The molecule has 0 saturated carbocycles. The zero-order valence-electron chi connectivity index (χ0n) is 16.2. The van der Waals surface area contributed by atoms with Crippen LogP contribution in [0.5, 0.6) is 11.5 Å². The quantitative estimate of drug-likeness (QED) is 0.298. The molecule has 0 aliphatic rings. The van der Waals surface area contributed by atoms with Gasteiger partial charge in [0, 0.05) is 23.1 Å². The maximum Gasteiger partial charge on any atom is 0.191 e. The minimum absolute atomic E-state index is 0.371. The van der Waals surface area contributed by atoms with Crippen molar-refractivity contribution in [3.05, 3.63) is 78.4 Å². The second kappa shape index (κ2) is 10.1. The lowest BCUT2D eigenvalue weighted by Crippen LogP contribution is -2.23. The van der Waals surface area contributed by atoms with Crippen LogP contribution in [0.2, 0.25) is 0 Å². The fourth-order valence-corrected chi connectivity index (χ4v) is 2.75. The molecule has 0 fully saturated rings. The minimum atomic E-state index is 0.371. The third-order valence-electron chi connectivity index (χ3n) is 3.99.